The van der Waals surface area contributed by atoms with Gasteiger partial charge in [0.25, 0.3) is 0 Å². The fourth-order valence-corrected chi connectivity index (χ4v) is 3.29. The van der Waals surface area contributed by atoms with Crippen LogP contribution in [0.2, 0.25) is 0 Å². The highest BCUT2D eigenvalue weighted by molar-refractivity contribution is 5.76. The summed E-state index contributed by atoms with van der Waals surface area (Å²) in [5, 5.41) is 6.63. The Morgan fingerprint density at radius 2 is 1.91 bits per heavy atom. The van der Waals surface area contributed by atoms with Gasteiger partial charge in [-0.05, 0) is 68.3 Å². The van der Waals surface area contributed by atoms with Gasteiger partial charge in [-0.3, -0.25) is 4.79 Å². The lowest BCUT2D eigenvalue weighted by atomic mass is 9.93. The van der Waals surface area contributed by atoms with Gasteiger partial charge >= 0.3 is 0 Å². The maximum atomic E-state index is 12.4. The standard InChI is InChI=1S/C18H26N2O2/c1-22-16-6-4-15(5-7-16)18(14-2-3-14)20-17(21)12-13-8-10-19-11-9-13/h4-7,13-14,18-19H,2-3,8-12H2,1H3,(H,20,21). The minimum atomic E-state index is 0.167. The zero-order chi connectivity index (χ0) is 15.4. The molecule has 3 rings (SSSR count). The number of methoxy groups -OCH3 is 1. The normalized spacial score (nSPS) is 20.4. The molecular weight excluding hydrogens is 276 g/mol. The summed E-state index contributed by atoms with van der Waals surface area (Å²) in [4.78, 5) is 12.4. The van der Waals surface area contributed by atoms with Crippen molar-refractivity contribution < 1.29 is 9.53 Å². The average molecular weight is 302 g/mol. The van der Waals surface area contributed by atoms with Crippen LogP contribution in [0.25, 0.3) is 0 Å². The SMILES string of the molecule is COc1ccc(C(NC(=O)CC2CCNCC2)C2CC2)cc1. The van der Waals surface area contributed by atoms with Gasteiger partial charge in [-0.1, -0.05) is 12.1 Å². The molecule has 1 saturated heterocycles. The number of hydrogen-bond donors (Lipinski definition) is 2. The van der Waals surface area contributed by atoms with Crippen LogP contribution < -0.4 is 15.4 Å². The molecule has 0 bridgehead atoms. The van der Waals surface area contributed by atoms with Gasteiger partial charge in [0.15, 0.2) is 0 Å². The van der Waals surface area contributed by atoms with Crippen molar-refractivity contribution in [3.05, 3.63) is 29.8 Å². The number of amides is 1. The molecule has 22 heavy (non-hydrogen) atoms. The monoisotopic (exact) mass is 302 g/mol. The number of rotatable bonds is 6. The number of carbonyl (C=O) groups is 1. The summed E-state index contributed by atoms with van der Waals surface area (Å²) in [6.07, 6.45) is 5.32. The molecule has 1 heterocycles. The van der Waals surface area contributed by atoms with Crippen LogP contribution in [0.15, 0.2) is 24.3 Å². The molecule has 0 spiro atoms. The molecule has 1 aliphatic heterocycles. The zero-order valence-electron chi connectivity index (χ0n) is 13.3. The van der Waals surface area contributed by atoms with E-state index in [0.29, 0.717) is 18.3 Å². The highest BCUT2D eigenvalue weighted by Gasteiger charge is 2.33. The predicted molar refractivity (Wildman–Crippen MR) is 86.8 cm³/mol. The van der Waals surface area contributed by atoms with Gasteiger partial charge < -0.3 is 15.4 Å². The molecule has 1 aromatic carbocycles. The van der Waals surface area contributed by atoms with Gasteiger partial charge in [-0.25, -0.2) is 0 Å². The van der Waals surface area contributed by atoms with Gasteiger partial charge in [-0.15, -0.1) is 0 Å². The second-order valence-electron chi connectivity index (χ2n) is 6.55. The number of carbonyl (C=O) groups excluding carboxylic acids is 1. The van der Waals surface area contributed by atoms with E-state index in [1.165, 1.54) is 18.4 Å². The predicted octanol–water partition coefficient (Wildman–Crippen LogP) is 2.65. The minimum Gasteiger partial charge on any atom is -0.497 e. The van der Waals surface area contributed by atoms with E-state index in [0.717, 1.165) is 31.7 Å². The first-order valence-corrected chi connectivity index (χ1v) is 8.40. The Balaban J connectivity index is 1.59. The molecule has 1 aromatic rings. The number of ether oxygens (including phenoxy) is 1. The Hall–Kier alpha value is -1.55. The Morgan fingerprint density at radius 1 is 1.23 bits per heavy atom. The van der Waals surface area contributed by atoms with Gasteiger partial charge in [0.2, 0.25) is 5.91 Å². The van der Waals surface area contributed by atoms with Gasteiger partial charge in [0, 0.05) is 6.42 Å². The van der Waals surface area contributed by atoms with E-state index in [9.17, 15) is 4.79 Å². The van der Waals surface area contributed by atoms with E-state index < -0.39 is 0 Å². The van der Waals surface area contributed by atoms with Crippen LogP contribution in [-0.4, -0.2) is 26.1 Å². The van der Waals surface area contributed by atoms with Crippen LogP contribution in [0.4, 0.5) is 0 Å². The van der Waals surface area contributed by atoms with Gasteiger partial charge in [-0.2, -0.15) is 0 Å². The summed E-state index contributed by atoms with van der Waals surface area (Å²) < 4.78 is 5.21. The second kappa shape index (κ2) is 7.14. The van der Waals surface area contributed by atoms with Crippen molar-refractivity contribution in [2.45, 2.75) is 38.1 Å². The van der Waals surface area contributed by atoms with E-state index >= 15 is 0 Å². The quantitative estimate of drug-likeness (QED) is 0.849. The van der Waals surface area contributed by atoms with Crippen LogP contribution in [0, 0.1) is 11.8 Å². The lowest BCUT2D eigenvalue weighted by molar-refractivity contribution is -0.123. The van der Waals surface area contributed by atoms with Crippen molar-refractivity contribution in [2.24, 2.45) is 11.8 Å². The topological polar surface area (TPSA) is 50.4 Å². The maximum Gasteiger partial charge on any atom is 0.220 e. The van der Waals surface area contributed by atoms with E-state index in [1.54, 1.807) is 7.11 Å². The van der Waals surface area contributed by atoms with Crippen molar-refractivity contribution in [3.63, 3.8) is 0 Å². The Labute approximate surface area is 132 Å². The minimum absolute atomic E-state index is 0.167. The number of nitrogens with one attached hydrogen (secondary N) is 2. The average Bonchev–Trinajstić information content (AvgIpc) is 3.38. The first kappa shape index (κ1) is 15.3. The van der Waals surface area contributed by atoms with Crippen LogP contribution in [0.1, 0.15) is 43.7 Å². The van der Waals surface area contributed by atoms with Crippen LogP contribution in [-0.2, 0) is 4.79 Å². The molecule has 2 aliphatic rings. The Morgan fingerprint density at radius 3 is 2.50 bits per heavy atom. The zero-order valence-corrected chi connectivity index (χ0v) is 13.3. The van der Waals surface area contributed by atoms with E-state index in [4.69, 9.17) is 4.74 Å². The first-order valence-electron chi connectivity index (χ1n) is 8.40. The molecule has 0 aromatic heterocycles. The van der Waals surface area contributed by atoms with Crippen LogP contribution in [0.5, 0.6) is 5.75 Å². The summed E-state index contributed by atoms with van der Waals surface area (Å²) in [6.45, 7) is 2.09. The Bertz CT molecular complexity index is 490. The second-order valence-corrected chi connectivity index (χ2v) is 6.55. The fourth-order valence-electron chi connectivity index (χ4n) is 3.29. The molecule has 1 atom stereocenters. The third kappa shape index (κ3) is 4.01. The molecule has 120 valence electrons. The molecule has 1 unspecified atom stereocenters. The summed E-state index contributed by atoms with van der Waals surface area (Å²) in [7, 11) is 1.67. The van der Waals surface area contributed by atoms with Crippen LogP contribution in [0.3, 0.4) is 0 Å². The fraction of sp³-hybridized carbons (Fsp3) is 0.611. The van der Waals surface area contributed by atoms with Gasteiger partial charge in [0.1, 0.15) is 5.75 Å². The number of hydrogen-bond acceptors (Lipinski definition) is 3. The molecule has 1 amide bonds. The van der Waals surface area contributed by atoms with Crippen molar-refractivity contribution in [1.29, 1.82) is 0 Å². The smallest absolute Gasteiger partial charge is 0.220 e. The lowest BCUT2D eigenvalue weighted by Gasteiger charge is -2.24. The molecule has 2 N–H and O–H groups in total. The highest BCUT2D eigenvalue weighted by atomic mass is 16.5. The first-order chi connectivity index (χ1) is 10.8. The third-order valence-corrected chi connectivity index (χ3v) is 4.82. The molecular formula is C18H26N2O2. The van der Waals surface area contributed by atoms with E-state index in [1.807, 2.05) is 12.1 Å². The lowest BCUT2D eigenvalue weighted by Crippen LogP contribution is -2.34. The van der Waals surface area contributed by atoms with E-state index in [-0.39, 0.29) is 11.9 Å². The third-order valence-electron chi connectivity index (χ3n) is 4.82. The highest BCUT2D eigenvalue weighted by Crippen LogP contribution is 2.41. The molecule has 4 heteroatoms. The van der Waals surface area contributed by atoms with Gasteiger partial charge in [0.05, 0.1) is 13.2 Å². The van der Waals surface area contributed by atoms with Crippen molar-refractivity contribution in [3.8, 4) is 5.75 Å². The summed E-state index contributed by atoms with van der Waals surface area (Å²) in [5.41, 5.74) is 1.20. The summed E-state index contributed by atoms with van der Waals surface area (Å²) >= 11 is 0. The van der Waals surface area contributed by atoms with Crippen molar-refractivity contribution in [2.75, 3.05) is 20.2 Å². The number of piperidine rings is 1. The molecule has 0 radical (unpaired) electrons. The van der Waals surface area contributed by atoms with Crippen LogP contribution >= 0.6 is 0 Å². The molecule has 1 aliphatic carbocycles. The van der Waals surface area contributed by atoms with Crippen molar-refractivity contribution >= 4 is 5.91 Å². The summed E-state index contributed by atoms with van der Waals surface area (Å²) in [5.74, 6) is 2.21. The maximum absolute atomic E-state index is 12.4. The van der Waals surface area contributed by atoms with E-state index in [2.05, 4.69) is 22.8 Å². The summed E-state index contributed by atoms with van der Waals surface area (Å²) in [6, 6.07) is 8.27. The molecule has 1 saturated carbocycles. The number of benzene rings is 1. The molecule has 4 nitrogen and oxygen atoms in total. The Kier molecular flexibility index (Phi) is 4.98. The largest absolute Gasteiger partial charge is 0.497 e. The molecule has 2 fully saturated rings. The van der Waals surface area contributed by atoms with Crippen molar-refractivity contribution in [1.82, 2.24) is 10.6 Å².